The van der Waals surface area contributed by atoms with Crippen molar-refractivity contribution in [2.75, 3.05) is 25.6 Å². The molecule has 0 saturated carbocycles. The molecule has 0 spiro atoms. The lowest BCUT2D eigenvalue weighted by atomic mass is 10.1. The van der Waals surface area contributed by atoms with Crippen molar-refractivity contribution in [2.24, 2.45) is 0 Å². The molecule has 0 unspecified atom stereocenters. The minimum atomic E-state index is -0.831. The average molecular weight is 305 g/mol. The first-order chi connectivity index (χ1) is 10.7. The molecule has 1 aromatic carbocycles. The number of carbonyl (C=O) groups is 2. The number of nitrogens with zero attached hydrogens (tertiary/aromatic N) is 1. The van der Waals surface area contributed by atoms with Gasteiger partial charge in [0.1, 0.15) is 5.75 Å². The van der Waals surface area contributed by atoms with E-state index >= 15 is 0 Å². The third kappa shape index (κ3) is 3.61. The molecule has 22 heavy (non-hydrogen) atoms. The molecule has 0 fully saturated rings. The average Bonchev–Trinajstić information content (AvgIpc) is 3.06. The van der Waals surface area contributed by atoms with Crippen LogP contribution in [-0.4, -0.2) is 42.2 Å². The Labute approximate surface area is 126 Å². The van der Waals surface area contributed by atoms with Crippen molar-refractivity contribution in [3.8, 4) is 17.1 Å². The Kier molecular flexibility index (Phi) is 5.10. The lowest BCUT2D eigenvalue weighted by molar-refractivity contribution is -0.136. The van der Waals surface area contributed by atoms with Gasteiger partial charge in [-0.05, 0) is 12.1 Å². The summed E-state index contributed by atoms with van der Waals surface area (Å²) in [6.07, 6.45) is 2.84. The van der Waals surface area contributed by atoms with Crippen molar-refractivity contribution >= 4 is 17.5 Å². The minimum absolute atomic E-state index is 0.0139. The van der Waals surface area contributed by atoms with E-state index in [1.54, 1.807) is 24.4 Å². The van der Waals surface area contributed by atoms with Gasteiger partial charge in [0.2, 0.25) is 0 Å². The SMILES string of the molecule is COc1cc(NC(=O)C(=O)NCCO)ccc1-c1cnco1. The highest BCUT2D eigenvalue weighted by Gasteiger charge is 2.15. The number of hydrogen-bond donors (Lipinski definition) is 3. The molecule has 0 aliphatic rings. The second kappa shape index (κ2) is 7.23. The van der Waals surface area contributed by atoms with Gasteiger partial charge < -0.3 is 24.9 Å². The number of carbonyl (C=O) groups excluding carboxylic acids is 2. The molecule has 2 rings (SSSR count). The number of amides is 2. The second-order valence-electron chi connectivity index (χ2n) is 4.21. The lowest BCUT2D eigenvalue weighted by Crippen LogP contribution is -2.36. The number of oxazole rings is 1. The van der Waals surface area contributed by atoms with Crippen molar-refractivity contribution in [3.05, 3.63) is 30.8 Å². The number of nitrogens with one attached hydrogen (secondary N) is 2. The van der Waals surface area contributed by atoms with Crippen LogP contribution in [0.3, 0.4) is 0 Å². The molecule has 3 N–H and O–H groups in total. The summed E-state index contributed by atoms with van der Waals surface area (Å²) in [7, 11) is 1.48. The number of aliphatic hydroxyl groups is 1. The summed E-state index contributed by atoms with van der Waals surface area (Å²) in [4.78, 5) is 26.9. The van der Waals surface area contributed by atoms with E-state index in [0.717, 1.165) is 0 Å². The monoisotopic (exact) mass is 305 g/mol. The van der Waals surface area contributed by atoms with Crippen molar-refractivity contribution < 1.29 is 23.8 Å². The molecule has 1 heterocycles. The Balaban J connectivity index is 2.13. The van der Waals surface area contributed by atoms with Crippen LogP contribution in [0.25, 0.3) is 11.3 Å². The van der Waals surface area contributed by atoms with Gasteiger partial charge in [-0.2, -0.15) is 0 Å². The molecule has 0 radical (unpaired) electrons. The van der Waals surface area contributed by atoms with Gasteiger partial charge in [-0.3, -0.25) is 9.59 Å². The minimum Gasteiger partial charge on any atom is -0.496 e. The van der Waals surface area contributed by atoms with Crippen molar-refractivity contribution in [1.29, 1.82) is 0 Å². The van der Waals surface area contributed by atoms with E-state index in [-0.39, 0.29) is 13.2 Å². The van der Waals surface area contributed by atoms with Crippen LogP contribution < -0.4 is 15.4 Å². The Morgan fingerprint density at radius 3 is 2.82 bits per heavy atom. The van der Waals surface area contributed by atoms with Crippen molar-refractivity contribution in [2.45, 2.75) is 0 Å². The Hall–Kier alpha value is -2.87. The van der Waals surface area contributed by atoms with Crippen LogP contribution in [0.2, 0.25) is 0 Å². The molecule has 1 aromatic heterocycles. The van der Waals surface area contributed by atoms with Crippen molar-refractivity contribution in [1.82, 2.24) is 10.3 Å². The van der Waals surface area contributed by atoms with E-state index in [9.17, 15) is 9.59 Å². The largest absolute Gasteiger partial charge is 0.496 e. The maximum atomic E-state index is 11.7. The van der Waals surface area contributed by atoms with Crippen LogP contribution in [0.5, 0.6) is 5.75 Å². The summed E-state index contributed by atoms with van der Waals surface area (Å²) in [6, 6.07) is 4.85. The van der Waals surface area contributed by atoms with Gasteiger partial charge in [0.05, 0.1) is 25.5 Å². The predicted octanol–water partition coefficient (Wildman–Crippen LogP) is 0.397. The van der Waals surface area contributed by atoms with Gasteiger partial charge in [0.15, 0.2) is 12.2 Å². The third-order valence-electron chi connectivity index (χ3n) is 2.76. The van der Waals surface area contributed by atoms with Gasteiger partial charge >= 0.3 is 11.8 Å². The highest BCUT2D eigenvalue weighted by atomic mass is 16.5. The fourth-order valence-electron chi connectivity index (χ4n) is 1.76. The second-order valence-corrected chi connectivity index (χ2v) is 4.21. The van der Waals surface area contributed by atoms with E-state index in [2.05, 4.69) is 15.6 Å². The van der Waals surface area contributed by atoms with E-state index in [1.165, 1.54) is 13.5 Å². The molecule has 8 nitrogen and oxygen atoms in total. The molecule has 0 bridgehead atoms. The molecule has 0 aliphatic carbocycles. The van der Waals surface area contributed by atoms with Gasteiger partial charge in [0, 0.05) is 18.3 Å². The van der Waals surface area contributed by atoms with E-state index in [0.29, 0.717) is 22.8 Å². The van der Waals surface area contributed by atoms with Crippen LogP contribution in [0.4, 0.5) is 5.69 Å². The van der Waals surface area contributed by atoms with Gasteiger partial charge in [-0.15, -0.1) is 0 Å². The predicted molar refractivity (Wildman–Crippen MR) is 77.2 cm³/mol. The Morgan fingerprint density at radius 2 is 2.18 bits per heavy atom. The van der Waals surface area contributed by atoms with Crippen LogP contribution in [0.1, 0.15) is 0 Å². The van der Waals surface area contributed by atoms with Crippen LogP contribution >= 0.6 is 0 Å². The zero-order chi connectivity index (χ0) is 15.9. The fourth-order valence-corrected chi connectivity index (χ4v) is 1.76. The van der Waals surface area contributed by atoms with E-state index in [4.69, 9.17) is 14.3 Å². The first-order valence-corrected chi connectivity index (χ1v) is 6.42. The molecule has 0 atom stereocenters. The summed E-state index contributed by atoms with van der Waals surface area (Å²) >= 11 is 0. The summed E-state index contributed by atoms with van der Waals surface area (Å²) in [6.45, 7) is -0.223. The topological polar surface area (TPSA) is 114 Å². The van der Waals surface area contributed by atoms with E-state index in [1.807, 2.05) is 0 Å². The maximum Gasteiger partial charge on any atom is 0.313 e. The lowest BCUT2D eigenvalue weighted by Gasteiger charge is -2.10. The van der Waals surface area contributed by atoms with E-state index < -0.39 is 11.8 Å². The molecular formula is C14H15N3O5. The number of anilines is 1. The molecule has 0 saturated heterocycles. The molecule has 2 amide bonds. The van der Waals surface area contributed by atoms with Gasteiger partial charge in [-0.25, -0.2) is 4.98 Å². The Bertz CT molecular complexity index is 655. The van der Waals surface area contributed by atoms with Crippen LogP contribution in [-0.2, 0) is 9.59 Å². The fraction of sp³-hybridized carbons (Fsp3) is 0.214. The number of rotatable bonds is 5. The number of methoxy groups -OCH3 is 1. The zero-order valence-electron chi connectivity index (χ0n) is 11.8. The maximum absolute atomic E-state index is 11.7. The Morgan fingerprint density at radius 1 is 1.36 bits per heavy atom. The summed E-state index contributed by atoms with van der Waals surface area (Å²) in [5.74, 6) is -0.670. The normalized spacial score (nSPS) is 10.1. The highest BCUT2D eigenvalue weighted by molar-refractivity contribution is 6.39. The summed E-state index contributed by atoms with van der Waals surface area (Å²) < 4.78 is 10.4. The summed E-state index contributed by atoms with van der Waals surface area (Å²) in [5, 5.41) is 13.3. The molecule has 2 aromatic rings. The van der Waals surface area contributed by atoms with Gasteiger partial charge in [-0.1, -0.05) is 0 Å². The first kappa shape index (κ1) is 15.5. The third-order valence-corrected chi connectivity index (χ3v) is 2.76. The number of aromatic nitrogens is 1. The number of hydrogen-bond acceptors (Lipinski definition) is 6. The molecule has 116 valence electrons. The standard InChI is InChI=1S/C14H15N3O5/c1-21-11-6-9(17-14(20)13(19)16-4-5-18)2-3-10(11)12-7-15-8-22-12/h2-3,6-8,18H,4-5H2,1H3,(H,16,19)(H,17,20). The first-order valence-electron chi connectivity index (χ1n) is 6.42. The molecule has 0 aliphatic heterocycles. The van der Waals surface area contributed by atoms with Crippen LogP contribution in [0, 0.1) is 0 Å². The highest BCUT2D eigenvalue weighted by Crippen LogP contribution is 2.32. The number of aliphatic hydroxyl groups excluding tert-OH is 1. The van der Waals surface area contributed by atoms with Crippen molar-refractivity contribution in [3.63, 3.8) is 0 Å². The summed E-state index contributed by atoms with van der Waals surface area (Å²) in [5.41, 5.74) is 1.06. The smallest absolute Gasteiger partial charge is 0.313 e. The number of benzene rings is 1. The zero-order valence-corrected chi connectivity index (χ0v) is 11.8. The molecular weight excluding hydrogens is 290 g/mol. The van der Waals surface area contributed by atoms with Crippen LogP contribution in [0.15, 0.2) is 35.2 Å². The van der Waals surface area contributed by atoms with Gasteiger partial charge in [0.25, 0.3) is 0 Å². The quantitative estimate of drug-likeness (QED) is 0.689. The molecule has 8 heteroatoms. The number of ether oxygens (including phenoxy) is 1.